The smallest absolute Gasteiger partial charge is 0.232 e. The molecule has 4 nitrogen and oxygen atoms in total. The highest BCUT2D eigenvalue weighted by atomic mass is 16.7. The quantitative estimate of drug-likeness (QED) is 0.481. The zero-order valence-corrected chi connectivity index (χ0v) is 9.46. The lowest BCUT2D eigenvalue weighted by Crippen LogP contribution is -2.40. The lowest BCUT2D eigenvalue weighted by atomic mass is 10.1. The number of ether oxygens (including phenoxy) is 2. The third-order valence-electron chi connectivity index (χ3n) is 2.63. The molecule has 0 unspecified atom stereocenters. The van der Waals surface area contributed by atoms with Gasteiger partial charge in [0.2, 0.25) is 11.5 Å². The van der Waals surface area contributed by atoms with Gasteiger partial charge >= 0.3 is 0 Å². The van der Waals surface area contributed by atoms with Gasteiger partial charge in [-0.1, -0.05) is 0 Å². The molecule has 0 radical (unpaired) electrons. The van der Waals surface area contributed by atoms with Crippen LogP contribution in [0.15, 0.2) is 6.20 Å². The van der Waals surface area contributed by atoms with E-state index in [1.165, 1.54) is 0 Å². The fourth-order valence-electron chi connectivity index (χ4n) is 1.68. The van der Waals surface area contributed by atoms with E-state index in [0.29, 0.717) is 18.1 Å². The van der Waals surface area contributed by atoms with Gasteiger partial charge < -0.3 is 14.7 Å². The third kappa shape index (κ3) is 1.65. The van der Waals surface area contributed by atoms with E-state index in [-0.39, 0.29) is 0 Å². The normalized spacial score (nSPS) is 18.1. The molecule has 1 aliphatic heterocycles. The minimum Gasteiger partial charge on any atom is -0.618 e. The molecule has 0 saturated heterocycles. The Kier molecular flexibility index (Phi) is 2.12. The van der Waals surface area contributed by atoms with Crippen LogP contribution in [0.1, 0.15) is 30.7 Å². The van der Waals surface area contributed by atoms with E-state index in [2.05, 4.69) is 0 Å². The minimum atomic E-state index is -0.654. The Labute approximate surface area is 89.0 Å². The Hall–Kier alpha value is -1.29. The van der Waals surface area contributed by atoms with Crippen molar-refractivity contribution < 1.29 is 14.2 Å². The molecule has 1 aliphatic rings. The molecule has 0 aliphatic carbocycles. The van der Waals surface area contributed by atoms with E-state index < -0.39 is 5.79 Å². The van der Waals surface area contributed by atoms with Crippen LogP contribution in [0.2, 0.25) is 0 Å². The summed E-state index contributed by atoms with van der Waals surface area (Å²) < 4.78 is 12.0. The zero-order chi connectivity index (χ0) is 11.2. The molecule has 0 saturated carbocycles. The first-order valence-corrected chi connectivity index (χ1v) is 4.96. The van der Waals surface area contributed by atoms with Gasteiger partial charge in [0, 0.05) is 31.9 Å². The van der Waals surface area contributed by atoms with E-state index in [9.17, 15) is 5.21 Å². The molecule has 0 fully saturated rings. The van der Waals surface area contributed by atoms with Crippen LogP contribution in [0, 0.1) is 19.1 Å². The molecule has 0 aromatic carbocycles. The van der Waals surface area contributed by atoms with Crippen molar-refractivity contribution in [1.29, 1.82) is 0 Å². The molecular formula is C11H15NO3. The molecule has 15 heavy (non-hydrogen) atoms. The first-order chi connectivity index (χ1) is 6.91. The van der Waals surface area contributed by atoms with Crippen LogP contribution in [0.5, 0.6) is 5.75 Å². The summed E-state index contributed by atoms with van der Waals surface area (Å²) in [6.07, 6.45) is 1.55. The van der Waals surface area contributed by atoms with Gasteiger partial charge in [-0.2, -0.15) is 4.73 Å². The molecule has 2 rings (SSSR count). The number of aromatic nitrogens is 1. The maximum Gasteiger partial charge on any atom is 0.232 e. The molecule has 0 atom stereocenters. The van der Waals surface area contributed by atoms with Gasteiger partial charge in [-0.25, -0.2) is 0 Å². The van der Waals surface area contributed by atoms with Crippen molar-refractivity contribution in [3.63, 3.8) is 0 Å². The lowest BCUT2D eigenvalue weighted by molar-refractivity contribution is -0.613. The van der Waals surface area contributed by atoms with Crippen LogP contribution >= 0.6 is 0 Å². The highest BCUT2D eigenvalue weighted by Gasteiger charge is 2.32. The van der Waals surface area contributed by atoms with E-state index >= 15 is 0 Å². The fourth-order valence-corrected chi connectivity index (χ4v) is 1.68. The summed E-state index contributed by atoms with van der Waals surface area (Å²) >= 11 is 0. The molecule has 2 heterocycles. The number of hydrogen-bond donors (Lipinski definition) is 0. The largest absolute Gasteiger partial charge is 0.618 e. The van der Waals surface area contributed by atoms with Crippen LogP contribution in [-0.2, 0) is 11.3 Å². The summed E-state index contributed by atoms with van der Waals surface area (Å²) in [7, 11) is 0. The average Bonchev–Trinajstić information content (AvgIpc) is 2.13. The third-order valence-corrected chi connectivity index (χ3v) is 2.63. The van der Waals surface area contributed by atoms with Crippen molar-refractivity contribution in [2.75, 3.05) is 0 Å². The number of rotatable bonds is 0. The van der Waals surface area contributed by atoms with E-state index in [4.69, 9.17) is 9.47 Å². The van der Waals surface area contributed by atoms with Gasteiger partial charge in [-0.05, 0) is 6.92 Å². The predicted octanol–water partition coefficient (Wildman–Crippen LogP) is 1.58. The maximum atomic E-state index is 11.5. The van der Waals surface area contributed by atoms with Crippen LogP contribution in [0.4, 0.5) is 0 Å². The van der Waals surface area contributed by atoms with Gasteiger partial charge in [0.1, 0.15) is 0 Å². The number of nitrogens with zero attached hydrogens (tertiary/aromatic N) is 1. The first-order valence-electron chi connectivity index (χ1n) is 4.96. The highest BCUT2D eigenvalue weighted by molar-refractivity contribution is 5.39. The molecule has 82 valence electrons. The Balaban J connectivity index is 2.58. The van der Waals surface area contributed by atoms with Crippen LogP contribution in [-0.4, -0.2) is 5.79 Å². The van der Waals surface area contributed by atoms with Gasteiger partial charge in [-0.15, -0.1) is 0 Å². The van der Waals surface area contributed by atoms with Crippen LogP contribution in [0.3, 0.4) is 0 Å². The van der Waals surface area contributed by atoms with Crippen molar-refractivity contribution in [1.82, 2.24) is 0 Å². The molecular weight excluding hydrogens is 194 g/mol. The molecule has 4 heteroatoms. The average molecular weight is 209 g/mol. The monoisotopic (exact) mass is 209 g/mol. The number of fused-ring (bicyclic) bond motifs is 1. The van der Waals surface area contributed by atoms with Gasteiger partial charge in [0.05, 0.1) is 6.61 Å². The number of hydrogen-bond acceptors (Lipinski definition) is 3. The lowest BCUT2D eigenvalue weighted by Gasteiger charge is -2.33. The Morgan fingerprint density at radius 2 is 2.07 bits per heavy atom. The number of aryl methyl sites for hydroxylation is 1. The first kappa shape index (κ1) is 10.2. The Bertz CT molecular complexity index is 413. The standard InChI is InChI=1S/C11H15NO3/c1-7-5-12(13)8(2)10-9(7)6-14-11(3,4)15-10/h5H,6H2,1-4H3. The summed E-state index contributed by atoms with van der Waals surface area (Å²) in [5.74, 6) is 0.0136. The van der Waals surface area contributed by atoms with E-state index in [1.54, 1.807) is 13.1 Å². The summed E-state index contributed by atoms with van der Waals surface area (Å²) in [5, 5.41) is 11.5. The Morgan fingerprint density at radius 1 is 1.40 bits per heavy atom. The summed E-state index contributed by atoms with van der Waals surface area (Å²) in [6.45, 7) is 7.82. The van der Waals surface area contributed by atoms with Crippen molar-refractivity contribution in [2.45, 2.75) is 40.1 Å². The van der Waals surface area contributed by atoms with Crippen molar-refractivity contribution in [3.05, 3.63) is 28.2 Å². The highest BCUT2D eigenvalue weighted by Crippen LogP contribution is 2.33. The van der Waals surface area contributed by atoms with Crippen molar-refractivity contribution in [3.8, 4) is 5.75 Å². The summed E-state index contributed by atoms with van der Waals surface area (Å²) in [6, 6.07) is 0. The zero-order valence-electron chi connectivity index (χ0n) is 9.46. The van der Waals surface area contributed by atoms with E-state index in [0.717, 1.165) is 15.9 Å². The van der Waals surface area contributed by atoms with Crippen LogP contribution < -0.4 is 9.47 Å². The topological polar surface area (TPSA) is 45.4 Å². The second-order valence-corrected chi connectivity index (χ2v) is 4.32. The molecule has 1 aromatic rings. The molecule has 0 amide bonds. The molecule has 1 aromatic heterocycles. The second kappa shape index (κ2) is 3.10. The van der Waals surface area contributed by atoms with E-state index in [1.807, 2.05) is 20.8 Å². The SMILES string of the molecule is Cc1c[n+]([O-])c(C)c2c1COC(C)(C)O2. The second-order valence-electron chi connectivity index (χ2n) is 4.32. The van der Waals surface area contributed by atoms with Crippen LogP contribution in [0.25, 0.3) is 0 Å². The number of pyridine rings is 1. The van der Waals surface area contributed by atoms with Crippen molar-refractivity contribution >= 4 is 0 Å². The van der Waals surface area contributed by atoms with Crippen molar-refractivity contribution in [2.24, 2.45) is 0 Å². The van der Waals surface area contributed by atoms with Gasteiger partial charge in [-0.3, -0.25) is 0 Å². The molecule has 0 bridgehead atoms. The maximum absolute atomic E-state index is 11.5. The molecule has 0 spiro atoms. The Morgan fingerprint density at radius 3 is 2.73 bits per heavy atom. The summed E-state index contributed by atoms with van der Waals surface area (Å²) in [5.41, 5.74) is 2.46. The van der Waals surface area contributed by atoms with Gasteiger partial charge in [0.25, 0.3) is 0 Å². The fraction of sp³-hybridized carbons (Fsp3) is 0.545. The summed E-state index contributed by atoms with van der Waals surface area (Å²) in [4.78, 5) is 0. The predicted molar refractivity (Wildman–Crippen MR) is 54.4 cm³/mol. The molecule has 0 N–H and O–H groups in total. The van der Waals surface area contributed by atoms with Gasteiger partial charge in [0.15, 0.2) is 11.9 Å². The minimum absolute atomic E-state index is 0.496.